The zero-order valence-corrected chi connectivity index (χ0v) is 17.4. The molecule has 0 bridgehead atoms. The molecule has 2 aliphatic rings. The van der Waals surface area contributed by atoms with Gasteiger partial charge >= 0.3 is 6.03 Å². The smallest absolute Gasteiger partial charge is 0.327 e. The largest absolute Gasteiger partial charge is 0.491 e. The third-order valence-electron chi connectivity index (χ3n) is 5.34. The Morgan fingerprint density at radius 1 is 1.13 bits per heavy atom. The van der Waals surface area contributed by atoms with Crippen LogP contribution < -0.4 is 31.7 Å². The monoisotopic (exact) mass is 421 g/mol. The predicted molar refractivity (Wildman–Crippen MR) is 120 cm³/mol. The molecule has 2 aliphatic heterocycles. The molecular formula is C23H27N5O3. The van der Waals surface area contributed by atoms with Crippen LogP contribution in [0.2, 0.25) is 0 Å². The van der Waals surface area contributed by atoms with Gasteiger partial charge in [0.05, 0.1) is 5.69 Å². The van der Waals surface area contributed by atoms with E-state index >= 15 is 0 Å². The summed E-state index contributed by atoms with van der Waals surface area (Å²) in [6.45, 7) is 1.24. The van der Waals surface area contributed by atoms with Crippen LogP contribution in [-0.4, -0.2) is 38.6 Å². The Kier molecular flexibility index (Phi) is 6.22. The number of anilines is 1. The number of rotatable bonds is 8. The molecule has 2 amide bonds. The van der Waals surface area contributed by atoms with Crippen LogP contribution in [0.25, 0.3) is 5.70 Å². The van der Waals surface area contributed by atoms with Crippen molar-refractivity contribution in [1.29, 1.82) is 0 Å². The lowest BCUT2D eigenvalue weighted by atomic mass is 10.1. The summed E-state index contributed by atoms with van der Waals surface area (Å²) >= 11 is 0. The molecule has 8 nitrogen and oxygen atoms in total. The van der Waals surface area contributed by atoms with Crippen molar-refractivity contribution in [2.45, 2.75) is 18.8 Å². The Morgan fingerprint density at radius 2 is 1.94 bits per heavy atom. The van der Waals surface area contributed by atoms with Crippen LogP contribution in [0.15, 0.2) is 66.4 Å². The zero-order valence-electron chi connectivity index (χ0n) is 17.4. The van der Waals surface area contributed by atoms with Gasteiger partial charge in [-0.05, 0) is 35.9 Å². The van der Waals surface area contributed by atoms with Crippen molar-refractivity contribution in [3.05, 3.63) is 77.5 Å². The minimum absolute atomic E-state index is 0.152. The van der Waals surface area contributed by atoms with Gasteiger partial charge in [0.15, 0.2) is 0 Å². The maximum atomic E-state index is 12.6. The predicted octanol–water partition coefficient (Wildman–Crippen LogP) is 1.88. The first-order valence-electron chi connectivity index (χ1n) is 10.2. The number of hydrogen-bond acceptors (Lipinski definition) is 6. The standard InChI is InChI=1S/C23H27N5O3/c1-30-20(12-25)14-31-19-4-2-3-16(9-19)21-10-17-13-28(23(29)27-22(17)26-21)18-7-5-15(11-24)6-8-18/h2-10,13,20,22,26H,11-12,14,24-25H2,1H3,(H,27,29)/t20-,22?/m0/s1. The van der Waals surface area contributed by atoms with Gasteiger partial charge in [0.2, 0.25) is 0 Å². The number of fused-ring (bicyclic) bond motifs is 1. The second kappa shape index (κ2) is 9.22. The summed E-state index contributed by atoms with van der Waals surface area (Å²) in [6, 6.07) is 15.2. The molecule has 0 aliphatic carbocycles. The van der Waals surface area contributed by atoms with Crippen molar-refractivity contribution in [3.8, 4) is 5.75 Å². The number of amides is 2. The van der Waals surface area contributed by atoms with Gasteiger partial charge < -0.3 is 31.6 Å². The maximum absolute atomic E-state index is 12.6. The third kappa shape index (κ3) is 4.56. The Balaban J connectivity index is 1.52. The second-order valence-corrected chi connectivity index (χ2v) is 7.39. The van der Waals surface area contributed by atoms with Crippen molar-refractivity contribution >= 4 is 17.4 Å². The van der Waals surface area contributed by atoms with Crippen molar-refractivity contribution < 1.29 is 14.3 Å². The van der Waals surface area contributed by atoms with Crippen LogP contribution in [0.5, 0.6) is 5.75 Å². The number of nitrogens with one attached hydrogen (secondary N) is 2. The first kappa shape index (κ1) is 20.9. The van der Waals surface area contributed by atoms with Gasteiger partial charge in [0.25, 0.3) is 0 Å². The van der Waals surface area contributed by atoms with E-state index in [9.17, 15) is 4.79 Å². The van der Waals surface area contributed by atoms with Gasteiger partial charge in [-0.2, -0.15) is 0 Å². The van der Waals surface area contributed by atoms with Crippen LogP contribution in [0.3, 0.4) is 0 Å². The number of nitrogens with zero attached hydrogens (tertiary/aromatic N) is 1. The molecule has 0 saturated heterocycles. The molecule has 2 aromatic carbocycles. The minimum atomic E-state index is -0.276. The summed E-state index contributed by atoms with van der Waals surface area (Å²) in [6.07, 6.45) is 3.45. The second-order valence-electron chi connectivity index (χ2n) is 7.39. The van der Waals surface area contributed by atoms with Gasteiger partial charge in [-0.3, -0.25) is 4.90 Å². The molecule has 4 rings (SSSR count). The van der Waals surface area contributed by atoms with Gasteiger partial charge in [-0.15, -0.1) is 0 Å². The summed E-state index contributed by atoms with van der Waals surface area (Å²) in [7, 11) is 1.62. The van der Waals surface area contributed by atoms with E-state index < -0.39 is 0 Å². The Labute approximate surface area is 181 Å². The van der Waals surface area contributed by atoms with Gasteiger partial charge in [-0.25, -0.2) is 4.79 Å². The summed E-state index contributed by atoms with van der Waals surface area (Å²) in [5, 5.41) is 6.36. The molecule has 6 N–H and O–H groups in total. The number of methoxy groups -OCH3 is 1. The quantitative estimate of drug-likeness (QED) is 0.517. The lowest BCUT2D eigenvalue weighted by molar-refractivity contribution is 0.0644. The molecule has 0 fully saturated rings. The van der Waals surface area contributed by atoms with Crippen molar-refractivity contribution in [2.75, 3.05) is 25.2 Å². The van der Waals surface area contributed by atoms with E-state index in [1.165, 1.54) is 0 Å². The molecule has 0 saturated carbocycles. The number of hydrogen-bond donors (Lipinski definition) is 4. The molecule has 1 unspecified atom stereocenters. The number of carbonyl (C=O) groups excluding carboxylic acids is 1. The fraction of sp³-hybridized carbons (Fsp3) is 0.261. The van der Waals surface area contributed by atoms with Crippen molar-refractivity contribution in [1.82, 2.24) is 10.6 Å². The first-order chi connectivity index (χ1) is 15.1. The highest BCUT2D eigenvalue weighted by Gasteiger charge is 2.31. The molecule has 2 atom stereocenters. The molecule has 0 spiro atoms. The molecule has 31 heavy (non-hydrogen) atoms. The molecule has 162 valence electrons. The fourth-order valence-corrected chi connectivity index (χ4v) is 3.49. The van der Waals surface area contributed by atoms with E-state index in [0.717, 1.165) is 33.8 Å². The third-order valence-corrected chi connectivity index (χ3v) is 5.34. The number of ether oxygens (including phenoxy) is 2. The van der Waals surface area contributed by atoms with Crippen LogP contribution >= 0.6 is 0 Å². The molecule has 8 heteroatoms. The molecule has 0 radical (unpaired) electrons. The Bertz CT molecular complexity index is 999. The number of benzene rings is 2. The van der Waals surface area contributed by atoms with Gasteiger partial charge in [0.1, 0.15) is 24.6 Å². The number of carbonyl (C=O) groups is 1. The topological polar surface area (TPSA) is 115 Å². The van der Waals surface area contributed by atoms with E-state index in [4.69, 9.17) is 20.9 Å². The fourth-order valence-electron chi connectivity index (χ4n) is 3.49. The lowest BCUT2D eigenvalue weighted by Crippen LogP contribution is -2.51. The molecular weight excluding hydrogens is 394 g/mol. The number of nitrogens with two attached hydrogens (primary N) is 2. The highest BCUT2D eigenvalue weighted by atomic mass is 16.5. The summed E-state index contributed by atoms with van der Waals surface area (Å²) in [5.74, 6) is 0.727. The van der Waals surface area contributed by atoms with Crippen LogP contribution in [0.1, 0.15) is 11.1 Å². The SMILES string of the molecule is CO[C@@H](CN)COc1cccc(C2=CC3=CN(c4ccc(CN)cc4)C(=O)NC3N2)c1. The van der Waals surface area contributed by atoms with Gasteiger partial charge in [0, 0.05) is 43.2 Å². The maximum Gasteiger partial charge on any atom is 0.327 e. The molecule has 2 aromatic rings. The van der Waals surface area contributed by atoms with Crippen molar-refractivity contribution in [3.63, 3.8) is 0 Å². The van der Waals surface area contributed by atoms with E-state index in [-0.39, 0.29) is 18.3 Å². The van der Waals surface area contributed by atoms with Crippen LogP contribution in [0, 0.1) is 0 Å². The van der Waals surface area contributed by atoms with Crippen LogP contribution in [0.4, 0.5) is 10.5 Å². The average Bonchev–Trinajstić information content (AvgIpc) is 3.22. The molecule has 2 heterocycles. The van der Waals surface area contributed by atoms with E-state index in [1.807, 2.05) is 60.8 Å². The zero-order chi connectivity index (χ0) is 21.8. The normalized spacial score (nSPS) is 18.5. The highest BCUT2D eigenvalue weighted by molar-refractivity contribution is 5.96. The van der Waals surface area contributed by atoms with Crippen molar-refractivity contribution in [2.24, 2.45) is 11.5 Å². The molecule has 0 aromatic heterocycles. The lowest BCUT2D eigenvalue weighted by Gasteiger charge is -2.29. The summed E-state index contributed by atoms with van der Waals surface area (Å²) in [5.41, 5.74) is 15.9. The highest BCUT2D eigenvalue weighted by Crippen LogP contribution is 2.29. The summed E-state index contributed by atoms with van der Waals surface area (Å²) < 4.78 is 11.1. The van der Waals surface area contributed by atoms with E-state index in [2.05, 4.69) is 10.6 Å². The Hall–Kier alpha value is -3.33. The first-order valence-corrected chi connectivity index (χ1v) is 10.2. The Morgan fingerprint density at radius 3 is 2.65 bits per heavy atom. The average molecular weight is 422 g/mol. The number of urea groups is 1. The van der Waals surface area contributed by atoms with Crippen LogP contribution in [-0.2, 0) is 11.3 Å². The summed E-state index contributed by atoms with van der Waals surface area (Å²) in [4.78, 5) is 14.2. The minimum Gasteiger partial charge on any atom is -0.491 e. The van der Waals surface area contributed by atoms with E-state index in [0.29, 0.717) is 19.7 Å². The van der Waals surface area contributed by atoms with Gasteiger partial charge in [-0.1, -0.05) is 24.3 Å². The van der Waals surface area contributed by atoms with E-state index in [1.54, 1.807) is 12.0 Å².